The second kappa shape index (κ2) is 11.5. The molecule has 0 bridgehead atoms. The van der Waals surface area contributed by atoms with Crippen molar-refractivity contribution in [2.75, 3.05) is 12.0 Å². The Morgan fingerprint density at radius 1 is 1.02 bits per heavy atom. The van der Waals surface area contributed by atoms with Crippen LogP contribution < -0.4 is 14.8 Å². The lowest BCUT2D eigenvalue weighted by Crippen LogP contribution is -2.22. The smallest absolute Gasteiger partial charge is 0.238 e. The van der Waals surface area contributed by atoms with Gasteiger partial charge in [0.1, 0.15) is 0 Å². The third-order valence-corrected chi connectivity index (χ3v) is 7.72. The minimum Gasteiger partial charge on any atom is -0.491 e. The summed E-state index contributed by atoms with van der Waals surface area (Å²) < 4.78 is 30.5. The molecule has 5 aromatic rings. The predicted octanol–water partition coefficient (Wildman–Crippen LogP) is 5.80. The van der Waals surface area contributed by atoms with Crippen molar-refractivity contribution in [2.24, 2.45) is 15.4 Å². The average Bonchev–Trinajstić information content (AvgIpc) is 3.57. The lowest BCUT2D eigenvalue weighted by Gasteiger charge is -2.17. The predicted molar refractivity (Wildman–Crippen MR) is 155 cm³/mol. The van der Waals surface area contributed by atoms with E-state index in [1.807, 2.05) is 18.2 Å². The topological polar surface area (TPSA) is 158 Å². The highest BCUT2D eigenvalue weighted by molar-refractivity contribution is 7.89. The van der Waals surface area contributed by atoms with Crippen molar-refractivity contribution >= 4 is 61.2 Å². The fourth-order valence-corrected chi connectivity index (χ4v) is 5.40. The largest absolute Gasteiger partial charge is 0.491 e. The summed E-state index contributed by atoms with van der Waals surface area (Å²) in [5.74, 6) is 0.191. The summed E-state index contributed by atoms with van der Waals surface area (Å²) in [4.78, 5) is 13.8. The summed E-state index contributed by atoms with van der Waals surface area (Å²) in [5, 5.41) is 28.2. The Labute approximate surface area is 243 Å². The lowest BCUT2D eigenvalue weighted by atomic mass is 10.3. The standard InChI is InChI=1S/C26H21ClN8O4S2/c1-16(36)34(19-11-13-21(14-12-19)41(28,37)38)26-32-31-25(40-26)22-23(39-2)24(30-29-18-8-4-3-5-9-18)35(33-22)20-10-6-7-17(27)15-20/h3-15H,1-2H3,(H2,28,37,38). The fourth-order valence-electron chi connectivity index (χ4n) is 3.81. The molecule has 15 heteroatoms. The minimum absolute atomic E-state index is 0.0869. The Morgan fingerprint density at radius 2 is 1.76 bits per heavy atom. The van der Waals surface area contributed by atoms with E-state index in [0.29, 0.717) is 32.8 Å². The van der Waals surface area contributed by atoms with E-state index in [4.69, 9.17) is 26.6 Å². The molecule has 1 amide bonds. The van der Waals surface area contributed by atoms with Gasteiger partial charge in [0.15, 0.2) is 16.5 Å². The zero-order valence-corrected chi connectivity index (χ0v) is 23.9. The Hall–Kier alpha value is -4.50. The van der Waals surface area contributed by atoms with Crippen molar-refractivity contribution in [3.63, 3.8) is 0 Å². The maximum atomic E-state index is 12.6. The number of nitrogens with zero attached hydrogens (tertiary/aromatic N) is 7. The van der Waals surface area contributed by atoms with Gasteiger partial charge in [-0.1, -0.05) is 47.2 Å². The van der Waals surface area contributed by atoms with E-state index in [1.54, 1.807) is 36.4 Å². The van der Waals surface area contributed by atoms with Gasteiger partial charge in [-0.15, -0.1) is 20.4 Å². The van der Waals surface area contributed by atoms with Crippen LogP contribution in [0.4, 0.5) is 22.3 Å². The zero-order chi connectivity index (χ0) is 29.1. The van der Waals surface area contributed by atoms with Gasteiger partial charge in [0, 0.05) is 11.9 Å². The number of carbonyl (C=O) groups excluding carboxylic acids is 1. The van der Waals surface area contributed by atoms with Gasteiger partial charge >= 0.3 is 0 Å². The van der Waals surface area contributed by atoms with Gasteiger partial charge in [0.2, 0.25) is 26.9 Å². The van der Waals surface area contributed by atoms with Crippen LogP contribution in [0.3, 0.4) is 0 Å². The van der Waals surface area contributed by atoms with Crippen LogP contribution in [-0.4, -0.2) is 41.4 Å². The summed E-state index contributed by atoms with van der Waals surface area (Å²) >= 11 is 7.33. The van der Waals surface area contributed by atoms with Crippen LogP contribution in [0.1, 0.15) is 6.92 Å². The van der Waals surface area contributed by atoms with E-state index >= 15 is 0 Å². The first-order valence-electron chi connectivity index (χ1n) is 11.8. The van der Waals surface area contributed by atoms with Gasteiger partial charge in [0.25, 0.3) is 0 Å². The highest BCUT2D eigenvalue weighted by atomic mass is 35.5. The maximum Gasteiger partial charge on any atom is 0.238 e. The molecule has 0 unspecified atom stereocenters. The number of amides is 1. The van der Waals surface area contributed by atoms with Crippen LogP contribution in [0.5, 0.6) is 5.75 Å². The summed E-state index contributed by atoms with van der Waals surface area (Å²) in [7, 11) is -2.42. The maximum absolute atomic E-state index is 12.6. The number of azo groups is 1. The molecular weight excluding hydrogens is 588 g/mol. The molecule has 0 saturated heterocycles. The first kappa shape index (κ1) is 28.0. The zero-order valence-electron chi connectivity index (χ0n) is 21.5. The van der Waals surface area contributed by atoms with E-state index in [9.17, 15) is 13.2 Å². The fraction of sp³-hybridized carbons (Fsp3) is 0.0769. The summed E-state index contributed by atoms with van der Waals surface area (Å²) in [5.41, 5.74) is 1.92. The SMILES string of the molecule is COc1c(-c2nnc(N(C(C)=O)c3ccc(S(N)(=O)=O)cc3)s2)nn(-c2cccc(Cl)c2)c1N=Nc1ccccc1. The number of hydrogen-bond donors (Lipinski definition) is 1. The number of nitrogens with two attached hydrogens (primary N) is 1. The van der Waals surface area contributed by atoms with E-state index in [2.05, 4.69) is 20.4 Å². The van der Waals surface area contributed by atoms with Gasteiger partial charge in [-0.2, -0.15) is 5.10 Å². The third kappa shape index (κ3) is 6.00. The number of anilines is 2. The normalized spacial score (nSPS) is 11.6. The first-order chi connectivity index (χ1) is 19.7. The molecule has 5 rings (SSSR count). The molecule has 208 valence electrons. The average molecular weight is 609 g/mol. The summed E-state index contributed by atoms with van der Waals surface area (Å²) in [6, 6.07) is 21.7. The molecule has 2 heterocycles. The van der Waals surface area contributed by atoms with Crippen molar-refractivity contribution in [2.45, 2.75) is 11.8 Å². The molecule has 0 spiro atoms. The number of benzene rings is 3. The van der Waals surface area contributed by atoms with E-state index in [-0.39, 0.29) is 27.5 Å². The highest BCUT2D eigenvalue weighted by Crippen LogP contribution is 2.43. The monoisotopic (exact) mass is 608 g/mol. The number of methoxy groups -OCH3 is 1. The van der Waals surface area contributed by atoms with Crippen LogP contribution in [0.2, 0.25) is 5.02 Å². The van der Waals surface area contributed by atoms with Crippen LogP contribution in [0, 0.1) is 0 Å². The van der Waals surface area contributed by atoms with Crippen molar-refractivity contribution in [3.05, 3.63) is 83.9 Å². The molecule has 0 radical (unpaired) electrons. The van der Waals surface area contributed by atoms with Crippen molar-refractivity contribution < 1.29 is 17.9 Å². The van der Waals surface area contributed by atoms with Crippen LogP contribution in [-0.2, 0) is 14.8 Å². The Kier molecular flexibility index (Phi) is 7.90. The second-order valence-corrected chi connectivity index (χ2v) is 11.4. The number of aromatic nitrogens is 4. The number of sulfonamides is 1. The minimum atomic E-state index is -3.90. The van der Waals surface area contributed by atoms with Gasteiger partial charge in [-0.3, -0.25) is 9.69 Å². The number of halogens is 1. The highest BCUT2D eigenvalue weighted by Gasteiger charge is 2.27. The molecule has 0 saturated carbocycles. The van der Waals surface area contributed by atoms with E-state index < -0.39 is 10.0 Å². The molecule has 2 N–H and O–H groups in total. The molecule has 12 nitrogen and oxygen atoms in total. The van der Waals surface area contributed by atoms with Gasteiger partial charge < -0.3 is 4.74 Å². The van der Waals surface area contributed by atoms with Crippen molar-refractivity contribution in [3.8, 4) is 22.1 Å². The number of carbonyl (C=O) groups is 1. The first-order valence-corrected chi connectivity index (χ1v) is 14.6. The summed E-state index contributed by atoms with van der Waals surface area (Å²) in [6.45, 7) is 1.35. The molecule has 3 aromatic carbocycles. The second-order valence-electron chi connectivity index (χ2n) is 8.42. The van der Waals surface area contributed by atoms with Gasteiger partial charge in [-0.05, 0) is 54.6 Å². The molecule has 0 atom stereocenters. The molecular formula is C26H21ClN8O4S2. The molecule has 41 heavy (non-hydrogen) atoms. The molecule has 0 aliphatic heterocycles. The number of rotatable bonds is 8. The van der Waals surface area contributed by atoms with Gasteiger partial charge in [0.05, 0.1) is 29.1 Å². The number of ether oxygens (including phenoxy) is 1. The van der Waals surface area contributed by atoms with Gasteiger partial charge in [-0.25, -0.2) is 18.2 Å². The quantitative estimate of drug-likeness (QED) is 0.218. The molecule has 2 aromatic heterocycles. The number of primary sulfonamides is 1. The third-order valence-electron chi connectivity index (χ3n) is 5.64. The van der Waals surface area contributed by atoms with Crippen molar-refractivity contribution in [1.82, 2.24) is 20.0 Å². The Bertz CT molecular complexity index is 1860. The lowest BCUT2D eigenvalue weighted by molar-refractivity contribution is -0.115. The van der Waals surface area contributed by atoms with Crippen molar-refractivity contribution in [1.29, 1.82) is 0 Å². The molecule has 0 aliphatic carbocycles. The molecule has 0 fully saturated rings. The van der Waals surface area contributed by atoms with E-state index in [0.717, 1.165) is 11.3 Å². The molecule has 0 aliphatic rings. The Morgan fingerprint density at radius 3 is 2.39 bits per heavy atom. The van der Waals surface area contributed by atoms with E-state index in [1.165, 1.54) is 47.9 Å². The summed E-state index contributed by atoms with van der Waals surface area (Å²) in [6.07, 6.45) is 0. The Balaban J connectivity index is 1.60. The van der Waals surface area contributed by atoms with Crippen LogP contribution >= 0.6 is 22.9 Å². The van der Waals surface area contributed by atoms with Crippen LogP contribution in [0.25, 0.3) is 16.4 Å². The van der Waals surface area contributed by atoms with Crippen LogP contribution in [0.15, 0.2) is 94.0 Å². The number of hydrogen-bond acceptors (Lipinski definition) is 10.